The number of carbonyl (C=O) groups is 3. The van der Waals surface area contributed by atoms with E-state index in [9.17, 15) is 22.8 Å². The maximum absolute atomic E-state index is 12.4. The van der Waals surface area contributed by atoms with Gasteiger partial charge in [0.05, 0.1) is 6.26 Å². The van der Waals surface area contributed by atoms with Crippen molar-refractivity contribution >= 4 is 28.0 Å². The molecule has 28 heavy (non-hydrogen) atoms. The number of hydrogen-bond donors (Lipinski definition) is 2. The molecule has 1 rings (SSSR count). The van der Waals surface area contributed by atoms with Crippen LogP contribution in [0.25, 0.3) is 0 Å². The van der Waals surface area contributed by atoms with Gasteiger partial charge >= 0.3 is 12.1 Å². The average Bonchev–Trinajstić information content (AvgIpc) is 2.54. The molecule has 0 spiro atoms. The van der Waals surface area contributed by atoms with Gasteiger partial charge < -0.3 is 14.8 Å². The fourth-order valence-electron chi connectivity index (χ4n) is 2.06. The second-order valence-electron chi connectivity index (χ2n) is 7.13. The monoisotopic (exact) mass is 414 g/mol. The number of amides is 2. The van der Waals surface area contributed by atoms with Crippen LogP contribution in [0.15, 0.2) is 30.3 Å². The van der Waals surface area contributed by atoms with Gasteiger partial charge in [0.25, 0.3) is 0 Å². The van der Waals surface area contributed by atoms with E-state index in [1.165, 1.54) is 0 Å². The highest BCUT2D eigenvalue weighted by Crippen LogP contribution is 2.09. The van der Waals surface area contributed by atoms with Gasteiger partial charge in [0.2, 0.25) is 15.9 Å². The number of rotatable bonds is 8. The molecule has 0 fully saturated rings. The number of ether oxygens (including phenoxy) is 2. The van der Waals surface area contributed by atoms with Crippen LogP contribution in [-0.2, 0) is 35.7 Å². The average molecular weight is 414 g/mol. The van der Waals surface area contributed by atoms with E-state index in [1.807, 2.05) is 6.07 Å². The fourth-order valence-corrected chi connectivity index (χ4v) is 2.58. The number of hydrogen-bond acceptors (Lipinski definition) is 7. The van der Waals surface area contributed by atoms with E-state index in [2.05, 4.69) is 5.32 Å². The molecule has 0 bridgehead atoms. The molecule has 0 aliphatic heterocycles. The molecule has 0 saturated heterocycles. The summed E-state index contributed by atoms with van der Waals surface area (Å²) in [6.07, 6.45) is -0.477. The smallest absolute Gasteiger partial charge is 0.408 e. The van der Waals surface area contributed by atoms with Crippen LogP contribution in [0.1, 0.15) is 39.2 Å². The second-order valence-corrected chi connectivity index (χ2v) is 8.88. The molecule has 2 N–H and O–H groups in total. The number of sulfonamides is 1. The molecule has 1 atom stereocenters. The van der Waals surface area contributed by atoms with E-state index >= 15 is 0 Å². The number of nitrogens with one attached hydrogen (secondary N) is 2. The summed E-state index contributed by atoms with van der Waals surface area (Å²) in [5.41, 5.74) is -0.0299. The lowest BCUT2D eigenvalue weighted by molar-refractivity contribution is -0.147. The zero-order valence-electron chi connectivity index (χ0n) is 16.4. The van der Waals surface area contributed by atoms with E-state index in [-0.39, 0.29) is 19.4 Å². The largest absolute Gasteiger partial charge is 0.459 e. The minimum absolute atomic E-state index is 0.0122. The van der Waals surface area contributed by atoms with Crippen LogP contribution in [0.5, 0.6) is 0 Å². The van der Waals surface area contributed by atoms with E-state index < -0.39 is 39.6 Å². The molecule has 1 aromatic carbocycles. The molecule has 0 saturated carbocycles. The Balaban J connectivity index is 2.73. The summed E-state index contributed by atoms with van der Waals surface area (Å²) in [7, 11) is -3.71. The Hall–Kier alpha value is -2.62. The van der Waals surface area contributed by atoms with Gasteiger partial charge in [-0.05, 0) is 32.8 Å². The van der Waals surface area contributed by atoms with E-state index in [4.69, 9.17) is 9.47 Å². The van der Waals surface area contributed by atoms with Crippen LogP contribution in [-0.4, -0.2) is 44.3 Å². The minimum Gasteiger partial charge on any atom is -0.459 e. The van der Waals surface area contributed by atoms with Gasteiger partial charge in [-0.1, -0.05) is 30.3 Å². The lowest BCUT2D eigenvalue weighted by atomic mass is 10.1. The third kappa shape index (κ3) is 10.5. The number of benzene rings is 1. The molecule has 156 valence electrons. The zero-order valence-corrected chi connectivity index (χ0v) is 17.2. The summed E-state index contributed by atoms with van der Waals surface area (Å²) in [6.45, 7) is 4.97. The van der Waals surface area contributed by atoms with Gasteiger partial charge in [0.15, 0.2) is 0 Å². The first-order chi connectivity index (χ1) is 12.9. The SMILES string of the molecule is CC(C)(C)OC(=O)N[C@@H](CCC(=O)NS(C)(=O)=O)C(=O)OCc1ccccc1. The van der Waals surface area contributed by atoms with Crippen molar-refractivity contribution in [2.75, 3.05) is 6.26 Å². The standard InChI is InChI=1S/C18H26N2O7S/c1-18(2,3)27-17(23)19-14(10-11-15(21)20-28(4,24)25)16(22)26-12-13-8-6-5-7-9-13/h5-9,14H,10-12H2,1-4H3,(H,19,23)(H,20,21)/t14-/m0/s1. The first-order valence-corrected chi connectivity index (χ1v) is 10.5. The van der Waals surface area contributed by atoms with E-state index in [1.54, 1.807) is 49.8 Å². The Morgan fingerprint density at radius 1 is 1.11 bits per heavy atom. The van der Waals surface area contributed by atoms with Gasteiger partial charge in [-0.25, -0.2) is 18.0 Å². The quantitative estimate of drug-likeness (QED) is 0.617. The summed E-state index contributed by atoms with van der Waals surface area (Å²) in [5.74, 6) is -1.56. The molecule has 0 aliphatic rings. The number of carbonyl (C=O) groups excluding carboxylic acids is 3. The molecular formula is C18H26N2O7S. The van der Waals surface area contributed by atoms with Crippen LogP contribution in [0, 0.1) is 0 Å². The molecule has 2 amide bonds. The molecule has 0 radical (unpaired) electrons. The summed E-state index contributed by atoms with van der Waals surface area (Å²) in [4.78, 5) is 36.0. The Labute approximate surface area is 164 Å². The molecular weight excluding hydrogens is 388 g/mol. The fraction of sp³-hybridized carbons (Fsp3) is 0.500. The van der Waals surface area contributed by atoms with Gasteiger partial charge in [-0.2, -0.15) is 0 Å². The highest BCUT2D eigenvalue weighted by atomic mass is 32.2. The van der Waals surface area contributed by atoms with Crippen LogP contribution in [0.2, 0.25) is 0 Å². The number of esters is 1. The molecule has 1 aromatic rings. The third-order valence-corrected chi connectivity index (χ3v) is 3.76. The number of alkyl carbamates (subject to hydrolysis) is 1. The molecule has 10 heteroatoms. The van der Waals surface area contributed by atoms with Crippen molar-refractivity contribution in [3.63, 3.8) is 0 Å². The van der Waals surface area contributed by atoms with Crippen molar-refractivity contribution in [2.24, 2.45) is 0 Å². The molecule has 0 aromatic heterocycles. The lowest BCUT2D eigenvalue weighted by Crippen LogP contribution is -2.45. The van der Waals surface area contributed by atoms with E-state index in [0.717, 1.165) is 11.8 Å². The summed E-state index contributed by atoms with van der Waals surface area (Å²) < 4.78 is 34.3. The van der Waals surface area contributed by atoms with Crippen molar-refractivity contribution in [3.05, 3.63) is 35.9 Å². The Morgan fingerprint density at radius 2 is 1.71 bits per heavy atom. The predicted molar refractivity (Wildman–Crippen MR) is 102 cm³/mol. The normalized spacial score (nSPS) is 12.6. The molecule has 0 heterocycles. The summed E-state index contributed by atoms with van der Waals surface area (Å²) >= 11 is 0. The van der Waals surface area contributed by atoms with Crippen molar-refractivity contribution in [1.82, 2.24) is 10.0 Å². The van der Waals surface area contributed by atoms with E-state index in [0.29, 0.717) is 0 Å². The summed E-state index contributed by atoms with van der Waals surface area (Å²) in [5, 5.41) is 2.36. The molecule has 0 aliphatic carbocycles. The summed E-state index contributed by atoms with van der Waals surface area (Å²) in [6, 6.07) is 7.75. The first kappa shape index (κ1) is 23.4. The van der Waals surface area contributed by atoms with Crippen LogP contribution >= 0.6 is 0 Å². The Bertz CT molecular complexity index is 786. The van der Waals surface area contributed by atoms with Gasteiger partial charge in [0, 0.05) is 6.42 Å². The van der Waals surface area contributed by atoms with Crippen molar-refractivity contribution in [3.8, 4) is 0 Å². The Morgan fingerprint density at radius 3 is 2.25 bits per heavy atom. The second kappa shape index (κ2) is 10.1. The highest BCUT2D eigenvalue weighted by Gasteiger charge is 2.26. The maximum atomic E-state index is 12.4. The van der Waals surface area contributed by atoms with Crippen molar-refractivity contribution < 1.29 is 32.3 Å². The van der Waals surface area contributed by atoms with Crippen molar-refractivity contribution in [1.29, 1.82) is 0 Å². The van der Waals surface area contributed by atoms with Crippen LogP contribution in [0.3, 0.4) is 0 Å². The van der Waals surface area contributed by atoms with Crippen molar-refractivity contribution in [2.45, 2.75) is 51.9 Å². The Kier molecular flexibility index (Phi) is 8.42. The van der Waals surface area contributed by atoms with Crippen LogP contribution in [0.4, 0.5) is 4.79 Å². The first-order valence-electron chi connectivity index (χ1n) is 8.56. The topological polar surface area (TPSA) is 128 Å². The predicted octanol–water partition coefficient (Wildman–Crippen LogP) is 1.48. The van der Waals surface area contributed by atoms with Gasteiger partial charge in [0.1, 0.15) is 18.2 Å². The minimum atomic E-state index is -3.71. The third-order valence-electron chi connectivity index (χ3n) is 3.16. The van der Waals surface area contributed by atoms with Crippen LogP contribution < -0.4 is 10.0 Å². The lowest BCUT2D eigenvalue weighted by Gasteiger charge is -2.23. The zero-order chi connectivity index (χ0) is 21.4. The van der Waals surface area contributed by atoms with Gasteiger partial charge in [-0.15, -0.1) is 0 Å². The molecule has 9 nitrogen and oxygen atoms in total. The van der Waals surface area contributed by atoms with Gasteiger partial charge in [-0.3, -0.25) is 9.52 Å². The highest BCUT2D eigenvalue weighted by molar-refractivity contribution is 7.89. The molecule has 0 unspecified atom stereocenters. The maximum Gasteiger partial charge on any atom is 0.408 e.